The fraction of sp³-hybridized carbons (Fsp3) is 0.0714. The van der Waals surface area contributed by atoms with Gasteiger partial charge in [0.25, 0.3) is 5.91 Å². The number of halogens is 1. The molecule has 0 atom stereocenters. The standard InChI is InChI=1S/C14H12BrNO2S/c1-2-9-19-12-6-4-3-5-11(12)16-14(17)10-7-8-18-13(10)15/h2-8H,1,9H2,(H,16,17). The molecule has 1 amide bonds. The van der Waals surface area contributed by atoms with Crippen molar-refractivity contribution in [2.24, 2.45) is 0 Å². The molecular formula is C14H12BrNO2S. The molecule has 19 heavy (non-hydrogen) atoms. The van der Waals surface area contributed by atoms with Gasteiger partial charge < -0.3 is 9.73 Å². The molecule has 0 radical (unpaired) electrons. The summed E-state index contributed by atoms with van der Waals surface area (Å²) < 4.78 is 5.49. The zero-order chi connectivity index (χ0) is 13.7. The Kier molecular flexibility index (Phi) is 4.87. The van der Waals surface area contributed by atoms with Crippen LogP contribution in [-0.2, 0) is 0 Å². The van der Waals surface area contributed by atoms with E-state index >= 15 is 0 Å². The maximum atomic E-state index is 12.1. The number of amides is 1. The van der Waals surface area contributed by atoms with Crippen LogP contribution < -0.4 is 5.32 Å². The van der Waals surface area contributed by atoms with Gasteiger partial charge in [-0.3, -0.25) is 4.79 Å². The van der Waals surface area contributed by atoms with E-state index in [1.807, 2.05) is 30.3 Å². The molecule has 1 aromatic heterocycles. The molecule has 0 aliphatic rings. The third-order valence-corrected chi connectivity index (χ3v) is 4.04. The molecular weight excluding hydrogens is 326 g/mol. The van der Waals surface area contributed by atoms with Crippen LogP contribution in [0.15, 0.2) is 63.2 Å². The first-order valence-electron chi connectivity index (χ1n) is 5.59. The molecule has 0 saturated carbocycles. The zero-order valence-electron chi connectivity index (χ0n) is 10.1. The molecule has 0 spiro atoms. The molecule has 5 heteroatoms. The van der Waals surface area contributed by atoms with E-state index in [1.54, 1.807) is 17.8 Å². The smallest absolute Gasteiger partial charge is 0.260 e. The number of carbonyl (C=O) groups excluding carboxylic acids is 1. The van der Waals surface area contributed by atoms with Gasteiger partial charge in [-0.25, -0.2) is 0 Å². The summed E-state index contributed by atoms with van der Waals surface area (Å²) in [6.45, 7) is 3.69. The number of para-hydroxylation sites is 1. The second-order valence-corrected chi connectivity index (χ2v) is 5.44. The predicted molar refractivity (Wildman–Crippen MR) is 81.7 cm³/mol. The monoisotopic (exact) mass is 337 g/mol. The fourth-order valence-electron chi connectivity index (χ4n) is 1.49. The lowest BCUT2D eigenvalue weighted by molar-refractivity contribution is 0.102. The number of thioether (sulfide) groups is 1. The molecule has 0 fully saturated rings. The lowest BCUT2D eigenvalue weighted by Crippen LogP contribution is -2.12. The minimum absolute atomic E-state index is 0.202. The molecule has 1 N–H and O–H groups in total. The average Bonchev–Trinajstić information content (AvgIpc) is 2.84. The maximum absolute atomic E-state index is 12.1. The first-order valence-corrected chi connectivity index (χ1v) is 7.37. The van der Waals surface area contributed by atoms with Gasteiger partial charge in [0.15, 0.2) is 4.67 Å². The highest BCUT2D eigenvalue weighted by Gasteiger charge is 2.14. The third-order valence-electron chi connectivity index (χ3n) is 2.35. The highest BCUT2D eigenvalue weighted by molar-refractivity contribution is 9.10. The van der Waals surface area contributed by atoms with Crippen molar-refractivity contribution in [1.82, 2.24) is 0 Å². The summed E-state index contributed by atoms with van der Waals surface area (Å²) in [4.78, 5) is 13.1. The predicted octanol–water partition coefficient (Wildman–Crippen LogP) is 4.57. The van der Waals surface area contributed by atoms with Crippen molar-refractivity contribution in [1.29, 1.82) is 0 Å². The van der Waals surface area contributed by atoms with Crippen molar-refractivity contribution >= 4 is 39.3 Å². The van der Waals surface area contributed by atoms with E-state index in [9.17, 15) is 4.79 Å². The molecule has 2 rings (SSSR count). The number of rotatable bonds is 5. The summed E-state index contributed by atoms with van der Waals surface area (Å²) in [6, 6.07) is 9.29. The van der Waals surface area contributed by atoms with Gasteiger partial charge >= 0.3 is 0 Å². The lowest BCUT2D eigenvalue weighted by Gasteiger charge is -2.09. The number of benzene rings is 1. The van der Waals surface area contributed by atoms with Gasteiger partial charge in [0.1, 0.15) is 0 Å². The van der Waals surface area contributed by atoms with Crippen molar-refractivity contribution < 1.29 is 9.21 Å². The second-order valence-electron chi connectivity index (χ2n) is 3.66. The van der Waals surface area contributed by atoms with E-state index in [-0.39, 0.29) is 5.91 Å². The molecule has 3 nitrogen and oxygen atoms in total. The molecule has 0 bridgehead atoms. The first-order chi connectivity index (χ1) is 9.22. The Bertz CT molecular complexity index is 595. The topological polar surface area (TPSA) is 42.2 Å². The quantitative estimate of drug-likeness (QED) is 0.641. The molecule has 1 heterocycles. The van der Waals surface area contributed by atoms with Crippen molar-refractivity contribution in [3.05, 3.63) is 59.5 Å². The van der Waals surface area contributed by atoms with E-state index < -0.39 is 0 Å². The molecule has 2 aromatic rings. The normalized spacial score (nSPS) is 10.2. The van der Waals surface area contributed by atoms with Gasteiger partial charge in [0.05, 0.1) is 17.5 Å². The summed E-state index contributed by atoms with van der Waals surface area (Å²) >= 11 is 4.82. The molecule has 0 unspecified atom stereocenters. The zero-order valence-corrected chi connectivity index (χ0v) is 12.5. The molecule has 0 aliphatic heterocycles. The Labute approximate surface area is 124 Å². The average molecular weight is 338 g/mol. The second kappa shape index (κ2) is 6.63. The largest absolute Gasteiger partial charge is 0.457 e. The van der Waals surface area contributed by atoms with Crippen molar-refractivity contribution in [3.8, 4) is 0 Å². The van der Waals surface area contributed by atoms with Crippen LogP contribution in [-0.4, -0.2) is 11.7 Å². The Hall–Kier alpha value is -1.46. The molecule has 0 aliphatic carbocycles. The van der Waals surface area contributed by atoms with Crippen molar-refractivity contribution in [3.63, 3.8) is 0 Å². The van der Waals surface area contributed by atoms with Gasteiger partial charge in [0, 0.05) is 10.6 Å². The van der Waals surface area contributed by atoms with Crippen LogP contribution in [0.25, 0.3) is 0 Å². The molecule has 1 aromatic carbocycles. The van der Waals surface area contributed by atoms with Crippen molar-refractivity contribution in [2.75, 3.05) is 11.1 Å². The number of anilines is 1. The highest BCUT2D eigenvalue weighted by atomic mass is 79.9. The van der Waals surface area contributed by atoms with Gasteiger partial charge in [0.2, 0.25) is 0 Å². The lowest BCUT2D eigenvalue weighted by atomic mass is 10.3. The Balaban J connectivity index is 2.17. The van der Waals surface area contributed by atoms with Crippen molar-refractivity contribution in [2.45, 2.75) is 4.90 Å². The summed E-state index contributed by atoms with van der Waals surface area (Å²) in [7, 11) is 0. The summed E-state index contributed by atoms with van der Waals surface area (Å²) in [5, 5.41) is 2.88. The van der Waals surface area contributed by atoms with Crippen LogP contribution in [0.1, 0.15) is 10.4 Å². The van der Waals surface area contributed by atoms with Gasteiger partial charge in [-0.1, -0.05) is 18.2 Å². The fourth-order valence-corrected chi connectivity index (χ4v) is 2.66. The van der Waals surface area contributed by atoms with E-state index in [1.165, 1.54) is 6.26 Å². The first kappa shape index (κ1) is 14.0. The minimum Gasteiger partial charge on any atom is -0.457 e. The van der Waals surface area contributed by atoms with E-state index in [4.69, 9.17) is 4.42 Å². The maximum Gasteiger partial charge on any atom is 0.260 e. The number of carbonyl (C=O) groups is 1. The van der Waals surface area contributed by atoms with Crippen LogP contribution in [0.5, 0.6) is 0 Å². The number of furan rings is 1. The van der Waals surface area contributed by atoms with E-state index in [2.05, 4.69) is 27.8 Å². The Morgan fingerprint density at radius 2 is 2.21 bits per heavy atom. The number of nitrogens with one attached hydrogen (secondary N) is 1. The van der Waals surface area contributed by atoms with E-state index in [0.717, 1.165) is 16.3 Å². The van der Waals surface area contributed by atoms with Crippen LogP contribution >= 0.6 is 27.7 Å². The SMILES string of the molecule is C=CCSc1ccccc1NC(=O)c1ccoc1Br. The summed E-state index contributed by atoms with van der Waals surface area (Å²) in [5.41, 5.74) is 1.26. The molecule has 98 valence electrons. The number of hydrogen-bond acceptors (Lipinski definition) is 3. The van der Waals surface area contributed by atoms with Crippen LogP contribution in [0.3, 0.4) is 0 Å². The Morgan fingerprint density at radius 3 is 2.89 bits per heavy atom. The van der Waals surface area contributed by atoms with Crippen LogP contribution in [0.4, 0.5) is 5.69 Å². The summed E-state index contributed by atoms with van der Waals surface area (Å²) in [5.74, 6) is 0.592. The Morgan fingerprint density at radius 1 is 1.42 bits per heavy atom. The van der Waals surface area contributed by atoms with Crippen LogP contribution in [0, 0.1) is 0 Å². The number of hydrogen-bond donors (Lipinski definition) is 1. The van der Waals surface area contributed by atoms with Gasteiger partial charge in [-0.15, -0.1) is 18.3 Å². The molecule has 0 saturated heterocycles. The van der Waals surface area contributed by atoms with Gasteiger partial charge in [-0.2, -0.15) is 0 Å². The van der Waals surface area contributed by atoms with E-state index in [0.29, 0.717) is 10.2 Å². The van der Waals surface area contributed by atoms with Crippen LogP contribution in [0.2, 0.25) is 0 Å². The van der Waals surface area contributed by atoms with Gasteiger partial charge in [-0.05, 0) is 34.1 Å². The summed E-state index contributed by atoms with van der Waals surface area (Å²) in [6.07, 6.45) is 3.30. The minimum atomic E-state index is -0.202. The highest BCUT2D eigenvalue weighted by Crippen LogP contribution is 2.28. The third kappa shape index (κ3) is 3.52.